The number of thiazole rings is 1. The van der Waals surface area contributed by atoms with Crippen LogP contribution in [0.3, 0.4) is 0 Å². The van der Waals surface area contributed by atoms with Crippen molar-refractivity contribution < 1.29 is 4.92 Å². The van der Waals surface area contributed by atoms with E-state index in [9.17, 15) is 10.1 Å². The average molecular weight is 277 g/mol. The number of para-hydroxylation sites is 1. The molecule has 0 radical (unpaired) electrons. The first kappa shape index (κ1) is 13.5. The fourth-order valence-corrected chi connectivity index (χ4v) is 2.65. The lowest BCUT2D eigenvalue weighted by Crippen LogP contribution is -2.09. The molecule has 0 fully saturated rings. The number of nitrogens with zero attached hydrogens (tertiary/aromatic N) is 2. The monoisotopic (exact) mass is 277 g/mol. The van der Waals surface area contributed by atoms with Gasteiger partial charge in [0.25, 0.3) is 5.69 Å². The highest BCUT2D eigenvalue weighted by molar-refractivity contribution is 7.09. The Hall–Kier alpha value is -1.95. The third kappa shape index (κ3) is 2.90. The molecule has 1 aromatic heterocycles. The molecule has 1 heterocycles. The molecule has 2 rings (SSSR count). The van der Waals surface area contributed by atoms with E-state index >= 15 is 0 Å². The molecule has 6 heteroatoms. The summed E-state index contributed by atoms with van der Waals surface area (Å²) >= 11 is 1.55. The zero-order valence-electron chi connectivity index (χ0n) is 11.0. The molecule has 1 N–H and O–H groups in total. The number of hydrogen-bond acceptors (Lipinski definition) is 5. The molecule has 0 bridgehead atoms. The van der Waals surface area contributed by atoms with Gasteiger partial charge in [0, 0.05) is 17.1 Å². The molecule has 0 aliphatic carbocycles. The third-order valence-corrected chi connectivity index (χ3v) is 3.96. The average Bonchev–Trinajstić information content (AvgIpc) is 2.78. The molecule has 1 unspecified atom stereocenters. The zero-order chi connectivity index (χ0) is 14.0. The minimum atomic E-state index is -0.366. The molecule has 2 aromatic rings. The van der Waals surface area contributed by atoms with Crippen LogP contribution in [0.2, 0.25) is 0 Å². The molecule has 0 aliphatic rings. The summed E-state index contributed by atoms with van der Waals surface area (Å²) < 4.78 is 0. The molecular formula is C13H15N3O2S. The second-order valence-electron chi connectivity index (χ2n) is 4.42. The lowest BCUT2D eigenvalue weighted by molar-refractivity contribution is -0.384. The van der Waals surface area contributed by atoms with E-state index in [-0.39, 0.29) is 16.7 Å². The Labute approximate surface area is 115 Å². The van der Waals surface area contributed by atoms with Gasteiger partial charge in [-0.25, -0.2) is 4.98 Å². The Bertz CT molecular complexity index is 610. The second kappa shape index (κ2) is 5.36. The number of nitro groups is 1. The normalized spacial score (nSPS) is 12.2. The summed E-state index contributed by atoms with van der Waals surface area (Å²) in [7, 11) is 0. The number of hydrogen-bond donors (Lipinski definition) is 1. The van der Waals surface area contributed by atoms with Crippen LogP contribution in [0.15, 0.2) is 23.6 Å². The highest BCUT2D eigenvalue weighted by atomic mass is 32.1. The van der Waals surface area contributed by atoms with E-state index < -0.39 is 0 Å². The van der Waals surface area contributed by atoms with E-state index in [1.54, 1.807) is 17.4 Å². The molecule has 0 amide bonds. The highest BCUT2D eigenvalue weighted by Crippen LogP contribution is 2.31. The SMILES string of the molecule is Cc1csc(C(C)Nc2c(C)cccc2[N+](=O)[O-])n1. The van der Waals surface area contributed by atoms with Crippen LogP contribution in [0.5, 0.6) is 0 Å². The first-order valence-electron chi connectivity index (χ1n) is 5.91. The molecular weight excluding hydrogens is 262 g/mol. The number of aromatic nitrogens is 1. The number of anilines is 1. The maximum absolute atomic E-state index is 11.0. The van der Waals surface area contributed by atoms with Crippen molar-refractivity contribution in [2.45, 2.75) is 26.8 Å². The van der Waals surface area contributed by atoms with Crippen LogP contribution in [0.1, 0.15) is 29.2 Å². The minimum absolute atomic E-state index is 0.0569. The van der Waals surface area contributed by atoms with E-state index in [0.29, 0.717) is 5.69 Å². The molecule has 100 valence electrons. The van der Waals surface area contributed by atoms with Gasteiger partial charge in [0.1, 0.15) is 10.7 Å². The maximum atomic E-state index is 11.0. The Morgan fingerprint density at radius 3 is 2.74 bits per heavy atom. The summed E-state index contributed by atoms with van der Waals surface area (Å²) in [6.45, 7) is 5.74. The summed E-state index contributed by atoms with van der Waals surface area (Å²) in [4.78, 5) is 15.1. The van der Waals surface area contributed by atoms with Crippen LogP contribution in [-0.2, 0) is 0 Å². The van der Waals surface area contributed by atoms with Gasteiger partial charge < -0.3 is 5.32 Å². The Balaban J connectivity index is 2.30. The van der Waals surface area contributed by atoms with Crippen LogP contribution in [0.4, 0.5) is 11.4 Å². The number of aryl methyl sites for hydroxylation is 2. The third-order valence-electron chi connectivity index (χ3n) is 2.82. The van der Waals surface area contributed by atoms with E-state index in [4.69, 9.17) is 0 Å². The molecule has 0 saturated carbocycles. The molecule has 5 nitrogen and oxygen atoms in total. The van der Waals surface area contributed by atoms with Crippen molar-refractivity contribution in [2.75, 3.05) is 5.32 Å². The van der Waals surface area contributed by atoms with Gasteiger partial charge in [-0.15, -0.1) is 11.3 Å². The van der Waals surface area contributed by atoms with E-state index in [2.05, 4.69) is 10.3 Å². The van der Waals surface area contributed by atoms with E-state index in [0.717, 1.165) is 16.3 Å². The van der Waals surface area contributed by atoms with Crippen molar-refractivity contribution in [1.82, 2.24) is 4.98 Å². The van der Waals surface area contributed by atoms with E-state index in [1.165, 1.54) is 6.07 Å². The molecule has 19 heavy (non-hydrogen) atoms. The van der Waals surface area contributed by atoms with Crippen LogP contribution in [0.25, 0.3) is 0 Å². The van der Waals surface area contributed by atoms with Crippen LogP contribution >= 0.6 is 11.3 Å². The molecule has 1 aromatic carbocycles. The first-order valence-corrected chi connectivity index (χ1v) is 6.79. The topological polar surface area (TPSA) is 68.1 Å². The van der Waals surface area contributed by atoms with E-state index in [1.807, 2.05) is 32.2 Å². The minimum Gasteiger partial charge on any atom is -0.370 e. The fraction of sp³-hybridized carbons (Fsp3) is 0.308. The van der Waals surface area contributed by atoms with Crippen molar-refractivity contribution in [3.8, 4) is 0 Å². The van der Waals surface area contributed by atoms with Gasteiger partial charge in [-0.1, -0.05) is 12.1 Å². The Morgan fingerprint density at radius 2 is 2.16 bits per heavy atom. The van der Waals surface area contributed by atoms with Crippen molar-refractivity contribution >= 4 is 22.7 Å². The summed E-state index contributed by atoms with van der Waals surface area (Å²) in [5.74, 6) is 0. The summed E-state index contributed by atoms with van der Waals surface area (Å²) in [6.07, 6.45) is 0. The standard InChI is InChI=1S/C13H15N3O2S/c1-8-5-4-6-11(16(17)18)12(8)15-10(3)13-14-9(2)7-19-13/h4-7,10,15H,1-3H3. The number of nitrogens with one attached hydrogen (secondary N) is 1. The van der Waals surface area contributed by atoms with Gasteiger partial charge in [-0.2, -0.15) is 0 Å². The van der Waals surface area contributed by atoms with Crippen molar-refractivity contribution in [1.29, 1.82) is 0 Å². The summed E-state index contributed by atoms with van der Waals surface area (Å²) in [6, 6.07) is 5.00. The van der Waals surface area contributed by atoms with Gasteiger partial charge in [-0.3, -0.25) is 10.1 Å². The highest BCUT2D eigenvalue weighted by Gasteiger charge is 2.18. The predicted molar refractivity (Wildman–Crippen MR) is 76.7 cm³/mol. The molecule has 0 spiro atoms. The van der Waals surface area contributed by atoms with Crippen LogP contribution in [-0.4, -0.2) is 9.91 Å². The lowest BCUT2D eigenvalue weighted by atomic mass is 10.1. The zero-order valence-corrected chi connectivity index (χ0v) is 11.8. The fourth-order valence-electron chi connectivity index (χ4n) is 1.84. The summed E-state index contributed by atoms with van der Waals surface area (Å²) in [5, 5.41) is 17.1. The Kier molecular flexibility index (Phi) is 3.80. The van der Waals surface area contributed by atoms with Gasteiger partial charge in [0.2, 0.25) is 0 Å². The van der Waals surface area contributed by atoms with Gasteiger partial charge in [0.05, 0.1) is 11.0 Å². The lowest BCUT2D eigenvalue weighted by Gasteiger charge is -2.14. The molecule has 0 saturated heterocycles. The van der Waals surface area contributed by atoms with Gasteiger partial charge >= 0.3 is 0 Å². The largest absolute Gasteiger partial charge is 0.370 e. The molecule has 0 aliphatic heterocycles. The van der Waals surface area contributed by atoms with Crippen molar-refractivity contribution in [3.05, 3.63) is 50.0 Å². The number of nitro benzene ring substituents is 1. The van der Waals surface area contributed by atoms with Gasteiger partial charge in [-0.05, 0) is 26.3 Å². The smallest absolute Gasteiger partial charge is 0.292 e. The quantitative estimate of drug-likeness (QED) is 0.681. The molecule has 1 atom stereocenters. The van der Waals surface area contributed by atoms with Crippen molar-refractivity contribution in [3.63, 3.8) is 0 Å². The van der Waals surface area contributed by atoms with Crippen molar-refractivity contribution in [2.24, 2.45) is 0 Å². The summed E-state index contributed by atoms with van der Waals surface area (Å²) in [5.41, 5.74) is 2.48. The predicted octanol–water partition coefficient (Wildman–Crippen LogP) is 3.84. The second-order valence-corrected chi connectivity index (χ2v) is 5.31. The van der Waals surface area contributed by atoms with Crippen LogP contribution in [0, 0.1) is 24.0 Å². The Morgan fingerprint density at radius 1 is 1.42 bits per heavy atom. The number of benzene rings is 1. The maximum Gasteiger partial charge on any atom is 0.292 e. The van der Waals surface area contributed by atoms with Gasteiger partial charge in [0.15, 0.2) is 0 Å². The first-order chi connectivity index (χ1) is 8.99. The van der Waals surface area contributed by atoms with Crippen LogP contribution < -0.4 is 5.32 Å². The number of rotatable bonds is 4.